The van der Waals surface area contributed by atoms with Gasteiger partial charge in [-0.3, -0.25) is 0 Å². The van der Waals surface area contributed by atoms with E-state index < -0.39 is 17.6 Å². The van der Waals surface area contributed by atoms with Crippen LogP contribution in [0.15, 0.2) is 30.5 Å². The summed E-state index contributed by atoms with van der Waals surface area (Å²) in [4.78, 5) is 6.39. The molecule has 1 aromatic heterocycles. The number of H-pyrrole nitrogens is 1. The molecular formula is C11H6F4N2S. The lowest BCUT2D eigenvalue weighted by atomic mass is 10.1. The van der Waals surface area contributed by atoms with Crippen molar-refractivity contribution in [3.05, 3.63) is 46.6 Å². The van der Waals surface area contributed by atoms with E-state index in [-0.39, 0.29) is 10.3 Å². The Morgan fingerprint density at radius 2 is 1.89 bits per heavy atom. The van der Waals surface area contributed by atoms with Gasteiger partial charge in [-0.15, -0.1) is 0 Å². The summed E-state index contributed by atoms with van der Waals surface area (Å²) in [5, 5.41) is 0. The van der Waals surface area contributed by atoms with Crippen LogP contribution in [0.4, 0.5) is 17.6 Å². The molecule has 0 unspecified atom stereocenters. The van der Waals surface area contributed by atoms with Crippen molar-refractivity contribution in [2.75, 3.05) is 0 Å². The molecule has 0 saturated carbocycles. The van der Waals surface area contributed by atoms with Crippen molar-refractivity contribution in [2.45, 2.75) is 6.18 Å². The molecule has 2 nitrogen and oxygen atoms in total. The molecule has 0 saturated heterocycles. The van der Waals surface area contributed by atoms with Crippen molar-refractivity contribution in [2.24, 2.45) is 0 Å². The molecule has 0 radical (unpaired) electrons. The van der Waals surface area contributed by atoms with Gasteiger partial charge in [0.15, 0.2) is 4.77 Å². The van der Waals surface area contributed by atoms with E-state index in [0.29, 0.717) is 11.8 Å². The third-order valence-corrected chi connectivity index (χ3v) is 2.47. The number of alkyl halides is 3. The van der Waals surface area contributed by atoms with Crippen LogP contribution in [0.5, 0.6) is 0 Å². The summed E-state index contributed by atoms with van der Waals surface area (Å²) in [6, 6.07) is 4.18. The molecule has 0 aliphatic heterocycles. The fourth-order valence-corrected chi connectivity index (χ4v) is 1.62. The Bertz CT molecular complexity index is 633. The molecule has 2 rings (SSSR count). The van der Waals surface area contributed by atoms with Crippen LogP contribution in [-0.4, -0.2) is 9.97 Å². The zero-order chi connectivity index (χ0) is 13.3. The molecule has 0 atom stereocenters. The van der Waals surface area contributed by atoms with E-state index in [4.69, 9.17) is 12.2 Å². The fourth-order valence-electron chi connectivity index (χ4n) is 1.45. The van der Waals surface area contributed by atoms with Crippen molar-refractivity contribution in [3.8, 4) is 11.3 Å². The monoisotopic (exact) mass is 274 g/mol. The minimum atomic E-state index is -4.70. The minimum Gasteiger partial charge on any atom is -0.330 e. The van der Waals surface area contributed by atoms with Crippen LogP contribution in [0.1, 0.15) is 5.56 Å². The maximum absolute atomic E-state index is 13.4. The quantitative estimate of drug-likeness (QED) is 0.629. The number of rotatable bonds is 1. The summed E-state index contributed by atoms with van der Waals surface area (Å²) in [6.45, 7) is 0. The van der Waals surface area contributed by atoms with Crippen LogP contribution >= 0.6 is 12.2 Å². The van der Waals surface area contributed by atoms with Crippen LogP contribution in [-0.2, 0) is 6.18 Å². The fraction of sp³-hybridized carbons (Fsp3) is 0.0909. The van der Waals surface area contributed by atoms with Crippen LogP contribution in [0.3, 0.4) is 0 Å². The second-order valence-corrected chi connectivity index (χ2v) is 3.87. The van der Waals surface area contributed by atoms with E-state index in [1.54, 1.807) is 0 Å². The van der Waals surface area contributed by atoms with E-state index in [1.807, 2.05) is 0 Å². The van der Waals surface area contributed by atoms with Crippen molar-refractivity contribution >= 4 is 12.2 Å². The number of halogens is 4. The van der Waals surface area contributed by atoms with Gasteiger partial charge in [0.1, 0.15) is 5.82 Å². The number of nitrogens with zero attached hydrogens (tertiary/aromatic N) is 1. The van der Waals surface area contributed by atoms with E-state index in [0.717, 1.165) is 6.07 Å². The SMILES string of the molecule is Fc1cc(-c2ccnc(=S)[nH]2)ccc1C(F)(F)F. The normalized spacial score (nSPS) is 11.6. The van der Waals surface area contributed by atoms with Crippen LogP contribution in [0.2, 0.25) is 0 Å². The number of benzene rings is 1. The Balaban J connectivity index is 2.50. The maximum atomic E-state index is 13.4. The average molecular weight is 274 g/mol. The second kappa shape index (κ2) is 4.49. The third-order valence-electron chi connectivity index (χ3n) is 2.26. The first-order valence-electron chi connectivity index (χ1n) is 4.80. The van der Waals surface area contributed by atoms with E-state index >= 15 is 0 Å². The number of hydrogen-bond acceptors (Lipinski definition) is 2. The Morgan fingerprint density at radius 1 is 1.17 bits per heavy atom. The largest absolute Gasteiger partial charge is 0.419 e. The zero-order valence-electron chi connectivity index (χ0n) is 8.75. The number of aromatic amines is 1. The molecule has 0 aliphatic rings. The maximum Gasteiger partial charge on any atom is 0.419 e. The summed E-state index contributed by atoms with van der Waals surface area (Å²) >= 11 is 4.78. The van der Waals surface area contributed by atoms with Crippen molar-refractivity contribution in [1.82, 2.24) is 9.97 Å². The zero-order valence-corrected chi connectivity index (χ0v) is 9.57. The molecule has 94 valence electrons. The van der Waals surface area contributed by atoms with E-state index in [1.165, 1.54) is 18.3 Å². The van der Waals surface area contributed by atoms with Gasteiger partial charge in [0.05, 0.1) is 5.56 Å². The van der Waals surface area contributed by atoms with Gasteiger partial charge in [-0.1, -0.05) is 6.07 Å². The predicted octanol–water partition coefficient (Wildman–Crippen LogP) is 3.96. The van der Waals surface area contributed by atoms with E-state index in [9.17, 15) is 17.6 Å². The molecule has 1 N–H and O–H groups in total. The highest BCUT2D eigenvalue weighted by Crippen LogP contribution is 2.32. The summed E-state index contributed by atoms with van der Waals surface area (Å²) < 4.78 is 50.6. The van der Waals surface area contributed by atoms with Gasteiger partial charge in [0.2, 0.25) is 0 Å². The molecule has 18 heavy (non-hydrogen) atoms. The first-order valence-corrected chi connectivity index (χ1v) is 5.21. The van der Waals surface area contributed by atoms with Crippen LogP contribution < -0.4 is 0 Å². The highest BCUT2D eigenvalue weighted by atomic mass is 32.1. The average Bonchev–Trinajstić information content (AvgIpc) is 2.27. The molecule has 1 aromatic carbocycles. The molecule has 0 aliphatic carbocycles. The Kier molecular flexibility index (Phi) is 3.16. The standard InChI is InChI=1S/C11H6F4N2S/c12-8-5-6(1-2-7(8)11(13,14)15)9-3-4-16-10(18)17-9/h1-5H,(H,16,17,18). The number of nitrogens with one attached hydrogen (secondary N) is 1. The number of hydrogen-bond donors (Lipinski definition) is 1. The highest BCUT2D eigenvalue weighted by molar-refractivity contribution is 7.71. The predicted molar refractivity (Wildman–Crippen MR) is 59.8 cm³/mol. The molecule has 0 bridgehead atoms. The Hall–Kier alpha value is -1.76. The summed E-state index contributed by atoms with van der Waals surface area (Å²) in [6.07, 6.45) is -3.31. The summed E-state index contributed by atoms with van der Waals surface area (Å²) in [5.74, 6) is -1.32. The van der Waals surface area contributed by atoms with Crippen molar-refractivity contribution in [3.63, 3.8) is 0 Å². The van der Waals surface area contributed by atoms with Crippen LogP contribution in [0, 0.1) is 10.6 Å². The minimum absolute atomic E-state index is 0.174. The smallest absolute Gasteiger partial charge is 0.330 e. The lowest BCUT2D eigenvalue weighted by Crippen LogP contribution is -2.07. The van der Waals surface area contributed by atoms with Crippen molar-refractivity contribution < 1.29 is 17.6 Å². The molecule has 0 amide bonds. The van der Waals surface area contributed by atoms with Gasteiger partial charge in [0.25, 0.3) is 0 Å². The lowest BCUT2D eigenvalue weighted by molar-refractivity contribution is -0.139. The van der Waals surface area contributed by atoms with Gasteiger partial charge in [-0.25, -0.2) is 9.37 Å². The van der Waals surface area contributed by atoms with Gasteiger partial charge in [-0.05, 0) is 30.4 Å². The molecule has 2 aromatic rings. The van der Waals surface area contributed by atoms with Crippen LogP contribution in [0.25, 0.3) is 11.3 Å². The van der Waals surface area contributed by atoms with Gasteiger partial charge in [-0.2, -0.15) is 13.2 Å². The summed E-state index contributed by atoms with van der Waals surface area (Å²) in [7, 11) is 0. The lowest BCUT2D eigenvalue weighted by Gasteiger charge is -2.09. The molecule has 7 heteroatoms. The first kappa shape index (κ1) is 12.7. The Morgan fingerprint density at radius 3 is 2.44 bits per heavy atom. The van der Waals surface area contributed by atoms with E-state index in [2.05, 4.69) is 9.97 Å². The second-order valence-electron chi connectivity index (χ2n) is 3.48. The topological polar surface area (TPSA) is 28.7 Å². The molecule has 0 spiro atoms. The van der Waals surface area contributed by atoms with Crippen molar-refractivity contribution in [1.29, 1.82) is 0 Å². The molecule has 0 fully saturated rings. The molecule has 1 heterocycles. The third kappa shape index (κ3) is 2.56. The molecular weight excluding hydrogens is 268 g/mol. The number of aromatic nitrogens is 2. The van der Waals surface area contributed by atoms with Gasteiger partial charge < -0.3 is 4.98 Å². The highest BCUT2D eigenvalue weighted by Gasteiger charge is 2.33. The van der Waals surface area contributed by atoms with Gasteiger partial charge in [0, 0.05) is 17.5 Å². The van der Waals surface area contributed by atoms with Gasteiger partial charge >= 0.3 is 6.18 Å². The Labute approximate surface area is 104 Å². The summed E-state index contributed by atoms with van der Waals surface area (Å²) in [5.41, 5.74) is -0.615. The first-order chi connectivity index (χ1) is 8.38.